The first-order valence-corrected chi connectivity index (χ1v) is 5.42. The molecule has 0 fully saturated rings. The molecule has 0 saturated heterocycles. The molecule has 98 valence electrons. The number of carbonyl (C=O) groups excluding carboxylic acids is 1. The highest BCUT2D eigenvalue weighted by Gasteiger charge is 2.28. The summed E-state index contributed by atoms with van der Waals surface area (Å²) in [7, 11) is 0. The maximum Gasteiger partial charge on any atom is 0.411 e. The Morgan fingerprint density at radius 2 is 2.12 bits per heavy atom. The average molecular weight is 252 g/mol. The van der Waals surface area contributed by atoms with Gasteiger partial charge in [-0.05, 0) is 25.2 Å². The Morgan fingerprint density at radius 1 is 1.35 bits per heavy atom. The minimum Gasteiger partial charge on any atom is -0.464 e. The van der Waals surface area contributed by atoms with Crippen molar-refractivity contribution in [3.05, 3.63) is 12.2 Å². The van der Waals surface area contributed by atoms with Gasteiger partial charge in [-0.25, -0.2) is 4.79 Å². The second kappa shape index (κ2) is 6.64. The Morgan fingerprint density at radius 3 is 2.71 bits per heavy atom. The van der Waals surface area contributed by atoms with Gasteiger partial charge in [-0.15, -0.1) is 0 Å². The van der Waals surface area contributed by atoms with Crippen molar-refractivity contribution in [1.82, 2.24) is 0 Å². The molecule has 1 aliphatic rings. The zero-order valence-electron chi connectivity index (χ0n) is 9.33. The van der Waals surface area contributed by atoms with E-state index >= 15 is 0 Å². The molecule has 1 unspecified atom stereocenters. The van der Waals surface area contributed by atoms with Gasteiger partial charge in [0.15, 0.2) is 0 Å². The van der Waals surface area contributed by atoms with Gasteiger partial charge in [0, 0.05) is 0 Å². The van der Waals surface area contributed by atoms with E-state index in [4.69, 9.17) is 4.74 Å². The summed E-state index contributed by atoms with van der Waals surface area (Å²) in [5, 5.41) is 0. The van der Waals surface area contributed by atoms with Crippen LogP contribution in [-0.4, -0.2) is 32.0 Å². The van der Waals surface area contributed by atoms with E-state index in [2.05, 4.69) is 10.8 Å². The molecule has 0 heterocycles. The second-order valence-corrected chi connectivity index (χ2v) is 3.94. The molecule has 0 N–H and O–H groups in total. The summed E-state index contributed by atoms with van der Waals surface area (Å²) in [6.45, 7) is -1.82. The van der Waals surface area contributed by atoms with Gasteiger partial charge in [0.05, 0.1) is 6.61 Å². The molecular formula is C11H15F3O3. The lowest BCUT2D eigenvalue weighted by molar-refractivity contribution is -0.181. The molecule has 1 atom stereocenters. The predicted molar refractivity (Wildman–Crippen MR) is 54.3 cm³/mol. The van der Waals surface area contributed by atoms with Crippen LogP contribution in [0.25, 0.3) is 0 Å². The summed E-state index contributed by atoms with van der Waals surface area (Å²) in [5.41, 5.74) is 0. The number of ether oxygens (including phenoxy) is 2. The van der Waals surface area contributed by atoms with Crippen LogP contribution in [0.2, 0.25) is 0 Å². The Kier molecular flexibility index (Phi) is 5.47. The van der Waals surface area contributed by atoms with E-state index in [1.165, 1.54) is 0 Å². The van der Waals surface area contributed by atoms with Gasteiger partial charge in [-0.1, -0.05) is 12.2 Å². The number of hydrogen-bond acceptors (Lipinski definition) is 3. The highest BCUT2D eigenvalue weighted by atomic mass is 19.4. The number of rotatable bonds is 5. The van der Waals surface area contributed by atoms with E-state index in [0.717, 1.165) is 19.3 Å². The molecule has 1 aliphatic carbocycles. The zero-order valence-corrected chi connectivity index (χ0v) is 9.33. The second-order valence-electron chi connectivity index (χ2n) is 3.94. The van der Waals surface area contributed by atoms with Gasteiger partial charge in [0.25, 0.3) is 0 Å². The molecule has 0 radical (unpaired) electrons. The number of halogens is 3. The SMILES string of the molecule is O=C(COCC(F)(F)F)OCC1CC=CCC1. The first-order chi connectivity index (χ1) is 7.97. The van der Waals surface area contributed by atoms with E-state index in [1.807, 2.05) is 6.08 Å². The Balaban J connectivity index is 2.07. The van der Waals surface area contributed by atoms with Crippen LogP contribution >= 0.6 is 0 Å². The van der Waals surface area contributed by atoms with Crippen molar-refractivity contribution in [3.8, 4) is 0 Å². The smallest absolute Gasteiger partial charge is 0.411 e. The van der Waals surface area contributed by atoms with Gasteiger partial charge >= 0.3 is 12.1 Å². The molecule has 0 aliphatic heterocycles. The molecule has 0 aromatic heterocycles. The van der Waals surface area contributed by atoms with Crippen molar-refractivity contribution in [2.24, 2.45) is 5.92 Å². The number of carbonyl (C=O) groups is 1. The van der Waals surface area contributed by atoms with Crippen LogP contribution in [0.4, 0.5) is 13.2 Å². The Hall–Kier alpha value is -1.04. The first kappa shape index (κ1) is 14.0. The van der Waals surface area contributed by atoms with Crippen LogP contribution < -0.4 is 0 Å². The number of esters is 1. The summed E-state index contributed by atoms with van der Waals surface area (Å²) < 4.78 is 44.1. The van der Waals surface area contributed by atoms with E-state index in [1.54, 1.807) is 0 Å². The lowest BCUT2D eigenvalue weighted by Gasteiger charge is -2.17. The summed E-state index contributed by atoms with van der Waals surface area (Å²) in [6.07, 6.45) is 2.40. The highest BCUT2D eigenvalue weighted by Crippen LogP contribution is 2.18. The van der Waals surface area contributed by atoms with E-state index in [9.17, 15) is 18.0 Å². The highest BCUT2D eigenvalue weighted by molar-refractivity contribution is 5.70. The molecular weight excluding hydrogens is 237 g/mol. The van der Waals surface area contributed by atoms with Gasteiger partial charge in [-0.2, -0.15) is 13.2 Å². The van der Waals surface area contributed by atoms with Crippen molar-refractivity contribution < 1.29 is 27.4 Å². The van der Waals surface area contributed by atoms with E-state index < -0.39 is 25.4 Å². The third-order valence-electron chi connectivity index (χ3n) is 2.34. The summed E-state index contributed by atoms with van der Waals surface area (Å²) in [4.78, 5) is 11.0. The average Bonchev–Trinajstić information content (AvgIpc) is 2.26. The lowest BCUT2D eigenvalue weighted by atomic mass is 9.95. The molecule has 6 heteroatoms. The third kappa shape index (κ3) is 6.99. The molecule has 1 rings (SSSR count). The van der Waals surface area contributed by atoms with Crippen LogP contribution in [0, 0.1) is 5.92 Å². The predicted octanol–water partition coefficient (Wildman–Crippen LogP) is 2.46. The Bertz CT molecular complexity index is 274. The molecule has 0 spiro atoms. The maximum absolute atomic E-state index is 11.7. The minimum atomic E-state index is -4.41. The number of alkyl halides is 3. The normalized spacial score (nSPS) is 20.3. The van der Waals surface area contributed by atoms with Gasteiger partial charge in [-0.3, -0.25) is 0 Å². The summed E-state index contributed by atoms with van der Waals surface area (Å²) >= 11 is 0. The van der Waals surface area contributed by atoms with Crippen LogP contribution in [0.1, 0.15) is 19.3 Å². The first-order valence-electron chi connectivity index (χ1n) is 5.42. The minimum absolute atomic E-state index is 0.249. The Labute approximate surface area is 97.6 Å². The third-order valence-corrected chi connectivity index (χ3v) is 2.34. The lowest BCUT2D eigenvalue weighted by Crippen LogP contribution is -2.23. The summed E-state index contributed by atoms with van der Waals surface area (Å²) in [5.74, 6) is -0.477. The van der Waals surface area contributed by atoms with Gasteiger partial charge in [0.1, 0.15) is 13.2 Å². The molecule has 17 heavy (non-hydrogen) atoms. The quantitative estimate of drug-likeness (QED) is 0.557. The fraction of sp³-hybridized carbons (Fsp3) is 0.727. The van der Waals surface area contributed by atoms with Crippen LogP contribution in [-0.2, 0) is 14.3 Å². The molecule has 0 aromatic rings. The number of hydrogen-bond donors (Lipinski definition) is 0. The monoisotopic (exact) mass is 252 g/mol. The molecule has 0 bridgehead atoms. The zero-order chi connectivity index (χ0) is 12.7. The molecule has 0 amide bonds. The molecule has 3 nitrogen and oxygen atoms in total. The molecule has 0 saturated carbocycles. The van der Waals surface area contributed by atoms with Crippen molar-refractivity contribution in [1.29, 1.82) is 0 Å². The maximum atomic E-state index is 11.7. The molecule has 0 aromatic carbocycles. The van der Waals surface area contributed by atoms with Gasteiger partial charge in [0.2, 0.25) is 0 Å². The van der Waals surface area contributed by atoms with Crippen molar-refractivity contribution in [2.45, 2.75) is 25.4 Å². The van der Waals surface area contributed by atoms with Crippen molar-refractivity contribution >= 4 is 5.97 Å². The topological polar surface area (TPSA) is 35.5 Å². The van der Waals surface area contributed by atoms with E-state index in [0.29, 0.717) is 0 Å². The van der Waals surface area contributed by atoms with Crippen molar-refractivity contribution in [2.75, 3.05) is 19.8 Å². The van der Waals surface area contributed by atoms with Crippen LogP contribution in [0.3, 0.4) is 0 Å². The summed E-state index contributed by atoms with van der Waals surface area (Å²) in [6, 6.07) is 0. The van der Waals surface area contributed by atoms with E-state index in [-0.39, 0.29) is 12.5 Å². The fourth-order valence-corrected chi connectivity index (χ4v) is 1.51. The largest absolute Gasteiger partial charge is 0.464 e. The fourth-order valence-electron chi connectivity index (χ4n) is 1.51. The van der Waals surface area contributed by atoms with Crippen LogP contribution in [0.5, 0.6) is 0 Å². The number of allylic oxidation sites excluding steroid dienone is 2. The van der Waals surface area contributed by atoms with Crippen LogP contribution in [0.15, 0.2) is 12.2 Å². The van der Waals surface area contributed by atoms with Crippen molar-refractivity contribution in [3.63, 3.8) is 0 Å². The standard InChI is InChI=1S/C11H15F3O3/c12-11(13,14)8-16-7-10(15)17-6-9-4-2-1-3-5-9/h1-2,9H,3-8H2. The van der Waals surface area contributed by atoms with Gasteiger partial charge < -0.3 is 9.47 Å².